The Morgan fingerprint density at radius 3 is 2.64 bits per heavy atom. The van der Waals surface area contributed by atoms with E-state index in [9.17, 15) is 5.11 Å². The van der Waals surface area contributed by atoms with E-state index in [0.717, 1.165) is 46.4 Å². The van der Waals surface area contributed by atoms with Crippen LogP contribution in [0.5, 0.6) is 5.75 Å². The molecule has 0 fully saturated rings. The SMILES string of the molecule is COc1ccc(C2(O)C[N+]3=C(SCCC3)N2c2ccccc2C)cc1. The number of nitrogens with zero attached hydrogens (tertiary/aromatic N) is 2. The zero-order chi connectivity index (χ0) is 17.4. The minimum atomic E-state index is -1.08. The maximum absolute atomic E-state index is 11.8. The zero-order valence-electron chi connectivity index (χ0n) is 14.6. The number of aryl methyl sites for hydroxylation is 1. The monoisotopic (exact) mass is 355 g/mol. The third-order valence-corrected chi connectivity index (χ3v) is 6.15. The Labute approximate surface area is 152 Å². The molecular formula is C20H23N2O2S+. The maximum Gasteiger partial charge on any atom is 0.316 e. The Morgan fingerprint density at radius 1 is 1.16 bits per heavy atom. The normalized spacial score (nSPS) is 22.9. The molecular weight excluding hydrogens is 332 g/mol. The highest BCUT2D eigenvalue weighted by Crippen LogP contribution is 2.41. The predicted octanol–water partition coefficient (Wildman–Crippen LogP) is 3.17. The molecule has 0 saturated heterocycles. The zero-order valence-corrected chi connectivity index (χ0v) is 15.4. The van der Waals surface area contributed by atoms with Crippen LogP contribution in [0.2, 0.25) is 0 Å². The molecule has 2 aromatic rings. The van der Waals surface area contributed by atoms with E-state index in [1.54, 1.807) is 7.11 Å². The van der Waals surface area contributed by atoms with Crippen molar-refractivity contribution in [2.45, 2.75) is 19.1 Å². The van der Waals surface area contributed by atoms with Crippen molar-refractivity contribution >= 4 is 22.6 Å². The fourth-order valence-corrected chi connectivity index (χ4v) is 4.82. The molecule has 0 aliphatic carbocycles. The van der Waals surface area contributed by atoms with Gasteiger partial charge in [0.05, 0.1) is 13.7 Å². The Hall–Kier alpha value is -1.98. The molecule has 0 bridgehead atoms. The second-order valence-corrected chi connectivity index (χ2v) is 7.64. The summed E-state index contributed by atoms with van der Waals surface area (Å²) in [7, 11) is 1.66. The first-order valence-electron chi connectivity index (χ1n) is 8.61. The minimum Gasteiger partial charge on any atom is -0.497 e. The Kier molecular flexibility index (Phi) is 4.21. The van der Waals surface area contributed by atoms with Gasteiger partial charge in [0.1, 0.15) is 11.4 Å². The van der Waals surface area contributed by atoms with E-state index >= 15 is 0 Å². The average Bonchev–Trinajstić information content (AvgIpc) is 2.95. The van der Waals surface area contributed by atoms with E-state index in [4.69, 9.17) is 4.74 Å². The number of rotatable bonds is 3. The van der Waals surface area contributed by atoms with E-state index in [1.807, 2.05) is 48.2 Å². The van der Waals surface area contributed by atoms with Gasteiger partial charge in [-0.15, -0.1) is 0 Å². The number of hydrogen-bond acceptors (Lipinski definition) is 4. The summed E-state index contributed by atoms with van der Waals surface area (Å²) in [6, 6.07) is 16.0. The summed E-state index contributed by atoms with van der Waals surface area (Å²) in [5.41, 5.74) is 2.03. The highest BCUT2D eigenvalue weighted by atomic mass is 32.2. The lowest BCUT2D eigenvalue weighted by Crippen LogP contribution is -2.47. The molecule has 0 aromatic heterocycles. The minimum absolute atomic E-state index is 0.579. The summed E-state index contributed by atoms with van der Waals surface area (Å²) in [5, 5.41) is 13.0. The van der Waals surface area contributed by atoms with Crippen LogP contribution in [0, 0.1) is 6.92 Å². The number of amidine groups is 1. The smallest absolute Gasteiger partial charge is 0.316 e. The summed E-state index contributed by atoms with van der Waals surface area (Å²) in [6.45, 7) is 3.67. The highest BCUT2D eigenvalue weighted by molar-refractivity contribution is 8.14. The second-order valence-electron chi connectivity index (χ2n) is 6.57. The summed E-state index contributed by atoms with van der Waals surface area (Å²) in [6.07, 6.45) is 1.15. The van der Waals surface area contributed by atoms with Crippen LogP contribution in [-0.2, 0) is 5.72 Å². The van der Waals surface area contributed by atoms with Gasteiger partial charge in [-0.2, -0.15) is 4.90 Å². The van der Waals surface area contributed by atoms with Crippen LogP contribution in [0.15, 0.2) is 48.5 Å². The molecule has 2 aliphatic heterocycles. The molecule has 0 saturated carbocycles. The van der Waals surface area contributed by atoms with Gasteiger partial charge in [-0.25, -0.2) is 4.58 Å². The molecule has 25 heavy (non-hydrogen) atoms. The molecule has 1 unspecified atom stereocenters. The van der Waals surface area contributed by atoms with Crippen molar-refractivity contribution in [3.63, 3.8) is 0 Å². The van der Waals surface area contributed by atoms with Gasteiger partial charge in [0.2, 0.25) is 0 Å². The number of ether oxygens (including phenoxy) is 1. The molecule has 1 N–H and O–H groups in total. The van der Waals surface area contributed by atoms with Crippen LogP contribution in [0.3, 0.4) is 0 Å². The Bertz CT molecular complexity index is 819. The first-order chi connectivity index (χ1) is 12.1. The van der Waals surface area contributed by atoms with E-state index in [1.165, 1.54) is 0 Å². The van der Waals surface area contributed by atoms with Crippen molar-refractivity contribution in [2.24, 2.45) is 0 Å². The van der Waals surface area contributed by atoms with E-state index in [-0.39, 0.29) is 0 Å². The summed E-state index contributed by atoms with van der Waals surface area (Å²) in [5.74, 6) is 1.89. The maximum atomic E-state index is 11.8. The number of thioether (sulfide) groups is 1. The van der Waals surface area contributed by atoms with Gasteiger partial charge < -0.3 is 9.84 Å². The fourth-order valence-electron chi connectivity index (χ4n) is 3.65. The molecule has 2 aliphatic rings. The molecule has 4 rings (SSSR count). The van der Waals surface area contributed by atoms with Gasteiger partial charge in [0.25, 0.3) is 5.72 Å². The van der Waals surface area contributed by atoms with Gasteiger partial charge in [0, 0.05) is 11.3 Å². The third kappa shape index (κ3) is 2.71. The predicted molar refractivity (Wildman–Crippen MR) is 103 cm³/mol. The lowest BCUT2D eigenvalue weighted by atomic mass is 10.00. The number of para-hydroxylation sites is 1. The first kappa shape index (κ1) is 16.5. The lowest BCUT2D eigenvalue weighted by molar-refractivity contribution is -0.532. The summed E-state index contributed by atoms with van der Waals surface area (Å²) >= 11 is 1.83. The standard InChI is InChI=1S/C20H23N2O2S/c1-15-6-3-4-7-18(15)22-19-21(12-5-13-25-19)14-20(22,23)16-8-10-17(24-2)11-9-16/h3-4,6-11,23H,5,12-14H2,1-2H3/q+1. The largest absolute Gasteiger partial charge is 0.497 e. The number of methoxy groups -OCH3 is 1. The summed E-state index contributed by atoms with van der Waals surface area (Å²) in [4.78, 5) is 2.12. The first-order valence-corrected chi connectivity index (χ1v) is 9.59. The van der Waals surface area contributed by atoms with Gasteiger partial charge in [-0.1, -0.05) is 18.2 Å². The molecule has 130 valence electrons. The average molecular weight is 355 g/mol. The van der Waals surface area contributed by atoms with Crippen molar-refractivity contribution in [1.82, 2.24) is 0 Å². The van der Waals surface area contributed by atoms with E-state index in [2.05, 4.69) is 28.5 Å². The van der Waals surface area contributed by atoms with Crippen molar-refractivity contribution in [3.05, 3.63) is 59.7 Å². The van der Waals surface area contributed by atoms with Gasteiger partial charge in [-0.05, 0) is 61.0 Å². The number of aliphatic hydroxyl groups is 1. The van der Waals surface area contributed by atoms with Gasteiger partial charge in [0.15, 0.2) is 6.54 Å². The number of benzene rings is 2. The van der Waals surface area contributed by atoms with Crippen molar-refractivity contribution in [3.8, 4) is 5.75 Å². The van der Waals surface area contributed by atoms with Gasteiger partial charge >= 0.3 is 5.17 Å². The Balaban J connectivity index is 1.84. The fraction of sp³-hybridized carbons (Fsp3) is 0.350. The molecule has 2 heterocycles. The molecule has 0 amide bonds. The van der Waals surface area contributed by atoms with E-state index < -0.39 is 5.72 Å². The van der Waals surface area contributed by atoms with Crippen molar-refractivity contribution < 1.29 is 14.4 Å². The third-order valence-electron chi connectivity index (χ3n) is 4.96. The van der Waals surface area contributed by atoms with Crippen LogP contribution in [-0.4, -0.2) is 40.8 Å². The van der Waals surface area contributed by atoms with Crippen LogP contribution in [0.4, 0.5) is 5.69 Å². The van der Waals surface area contributed by atoms with Crippen LogP contribution >= 0.6 is 11.8 Å². The number of hydrogen-bond donors (Lipinski definition) is 1. The van der Waals surface area contributed by atoms with Gasteiger partial charge in [-0.3, -0.25) is 0 Å². The second kappa shape index (κ2) is 6.39. The molecule has 0 spiro atoms. The van der Waals surface area contributed by atoms with Crippen LogP contribution in [0.1, 0.15) is 17.5 Å². The topological polar surface area (TPSA) is 35.7 Å². The van der Waals surface area contributed by atoms with Crippen LogP contribution in [0.25, 0.3) is 0 Å². The quantitative estimate of drug-likeness (QED) is 0.858. The molecule has 2 aromatic carbocycles. The molecule has 0 radical (unpaired) electrons. The lowest BCUT2D eigenvalue weighted by Gasteiger charge is -2.29. The number of anilines is 1. The highest BCUT2D eigenvalue weighted by Gasteiger charge is 2.55. The van der Waals surface area contributed by atoms with Crippen LogP contribution < -0.4 is 9.64 Å². The van der Waals surface area contributed by atoms with E-state index in [0.29, 0.717) is 6.54 Å². The van der Waals surface area contributed by atoms with Crippen molar-refractivity contribution in [2.75, 3.05) is 30.9 Å². The Morgan fingerprint density at radius 2 is 1.92 bits per heavy atom. The summed E-state index contributed by atoms with van der Waals surface area (Å²) < 4.78 is 7.59. The molecule has 5 heteroatoms. The molecule has 4 nitrogen and oxygen atoms in total. The van der Waals surface area contributed by atoms with Crippen molar-refractivity contribution in [1.29, 1.82) is 0 Å². The molecule has 1 atom stereocenters.